The fourth-order valence-electron chi connectivity index (χ4n) is 2.82. The van der Waals surface area contributed by atoms with Crippen LogP contribution in [-0.4, -0.2) is 0 Å². The highest BCUT2D eigenvalue weighted by Crippen LogP contribution is 2.37. The van der Waals surface area contributed by atoms with E-state index in [0.29, 0.717) is 0 Å². The van der Waals surface area contributed by atoms with E-state index in [1.54, 1.807) is 0 Å². The monoisotopic (exact) mass is 424 g/mol. The van der Waals surface area contributed by atoms with Crippen LogP contribution in [0.2, 0.25) is 0 Å². The van der Waals surface area contributed by atoms with E-state index in [4.69, 9.17) is 0 Å². The van der Waals surface area contributed by atoms with Crippen LogP contribution in [0.4, 0.5) is 0 Å². The fourth-order valence-corrected chi connectivity index (χ4v) is 4.01. The lowest BCUT2D eigenvalue weighted by molar-refractivity contribution is 1.47. The summed E-state index contributed by atoms with van der Waals surface area (Å²) in [6, 6.07) is 13.0. The summed E-state index contributed by atoms with van der Waals surface area (Å²) in [5.41, 5.74) is 3.46. The van der Waals surface area contributed by atoms with Crippen LogP contribution in [0, 0.1) is 6.92 Å². The summed E-state index contributed by atoms with van der Waals surface area (Å²) in [5.74, 6) is 0. The number of allylic oxidation sites excluding steroid dienone is 5. The summed E-state index contributed by atoms with van der Waals surface area (Å²) in [7, 11) is 0. The maximum atomic E-state index is 4.17. The molecule has 0 radical (unpaired) electrons. The van der Waals surface area contributed by atoms with Crippen LogP contribution in [-0.2, 0) is 0 Å². The Bertz CT molecular complexity index is 1020. The van der Waals surface area contributed by atoms with Crippen LogP contribution < -0.4 is 0 Å². The molecule has 0 aliphatic heterocycles. The molecule has 0 bridgehead atoms. The van der Waals surface area contributed by atoms with Gasteiger partial charge in [0, 0.05) is 19.4 Å². The van der Waals surface area contributed by atoms with Gasteiger partial charge in [0.1, 0.15) is 0 Å². The lowest BCUT2D eigenvalue weighted by Crippen LogP contribution is -1.82. The first-order chi connectivity index (χ1) is 12.5. The van der Waals surface area contributed by atoms with E-state index in [0.717, 1.165) is 15.6 Å². The predicted molar refractivity (Wildman–Crippen MR) is 125 cm³/mol. The van der Waals surface area contributed by atoms with Crippen molar-refractivity contribution in [1.82, 2.24) is 0 Å². The average Bonchev–Trinajstić information content (AvgIpc) is 2.97. The number of hydrogen-bond donors (Lipinski definition) is 0. The molecule has 26 heavy (non-hydrogen) atoms. The Morgan fingerprint density at radius 1 is 1.04 bits per heavy atom. The van der Waals surface area contributed by atoms with Gasteiger partial charge in [-0.05, 0) is 59.5 Å². The van der Waals surface area contributed by atoms with Crippen molar-refractivity contribution in [1.29, 1.82) is 0 Å². The molecule has 0 aliphatic carbocycles. The Morgan fingerprint density at radius 3 is 2.42 bits per heavy atom. The van der Waals surface area contributed by atoms with Gasteiger partial charge in [-0.25, -0.2) is 0 Å². The first kappa shape index (κ1) is 20.4. The summed E-state index contributed by atoms with van der Waals surface area (Å²) in [5, 5.41) is 3.94. The predicted octanol–water partition coefficient (Wildman–Crippen LogP) is 8.81. The number of benzene rings is 2. The minimum atomic E-state index is 0.847. The molecule has 0 saturated heterocycles. The van der Waals surface area contributed by atoms with Crippen LogP contribution in [0.15, 0.2) is 77.3 Å². The molecule has 0 spiro atoms. The molecule has 3 aromatic rings. The van der Waals surface area contributed by atoms with E-state index < -0.39 is 0 Å². The second-order valence-corrected chi connectivity index (χ2v) is 8.14. The van der Waals surface area contributed by atoms with Crippen LogP contribution in [0.5, 0.6) is 0 Å². The molecule has 0 atom stereocenters. The Hall–Kier alpha value is -1.90. The zero-order valence-electron chi connectivity index (χ0n) is 15.9. The quantitative estimate of drug-likeness (QED) is 0.366. The zero-order chi connectivity index (χ0) is 19.3. The van der Waals surface area contributed by atoms with Crippen molar-refractivity contribution < 1.29 is 0 Å². The van der Waals surface area contributed by atoms with Crippen molar-refractivity contribution in [2.45, 2.75) is 27.7 Å². The Kier molecular flexibility index (Phi) is 7.19. The Morgan fingerprint density at radius 2 is 1.73 bits per heavy atom. The maximum Gasteiger partial charge on any atom is 0.0358 e. The smallest absolute Gasteiger partial charge is 0.0358 e. The van der Waals surface area contributed by atoms with E-state index in [1.807, 2.05) is 37.3 Å². The van der Waals surface area contributed by atoms with Crippen molar-refractivity contribution in [3.63, 3.8) is 0 Å². The van der Waals surface area contributed by atoms with Gasteiger partial charge in [-0.1, -0.05) is 79.3 Å². The van der Waals surface area contributed by atoms with Gasteiger partial charge < -0.3 is 0 Å². The highest BCUT2D eigenvalue weighted by Gasteiger charge is 2.11. The topological polar surface area (TPSA) is 0 Å². The average molecular weight is 425 g/mol. The zero-order valence-corrected chi connectivity index (χ0v) is 18.3. The normalized spacial score (nSPS) is 11.7. The van der Waals surface area contributed by atoms with Crippen molar-refractivity contribution in [3.8, 4) is 0 Å². The maximum absolute atomic E-state index is 4.17. The van der Waals surface area contributed by atoms with Gasteiger partial charge in [-0.3, -0.25) is 0 Å². The van der Waals surface area contributed by atoms with E-state index in [2.05, 4.69) is 85.4 Å². The largest absolute Gasteiger partial charge is 0.140 e. The SMILES string of the molecule is C=C(Br)/C=C\C(=C)/C(C)=C/c1c(C)sc2ccc3ccccc3c12.CC. The van der Waals surface area contributed by atoms with Gasteiger partial charge in [0.05, 0.1) is 0 Å². The lowest BCUT2D eigenvalue weighted by atomic mass is 9.99. The highest BCUT2D eigenvalue weighted by molar-refractivity contribution is 9.11. The first-order valence-corrected chi connectivity index (χ1v) is 10.4. The molecular formula is C24H25BrS. The third kappa shape index (κ3) is 4.44. The number of thiophene rings is 1. The van der Waals surface area contributed by atoms with Gasteiger partial charge in [0.25, 0.3) is 0 Å². The molecule has 134 valence electrons. The van der Waals surface area contributed by atoms with Crippen LogP contribution in [0.1, 0.15) is 31.2 Å². The number of rotatable bonds is 4. The van der Waals surface area contributed by atoms with Crippen LogP contribution in [0.3, 0.4) is 0 Å². The molecular weight excluding hydrogens is 400 g/mol. The molecule has 0 aliphatic rings. The number of halogens is 1. The molecule has 2 heteroatoms. The molecule has 0 fully saturated rings. The summed E-state index contributed by atoms with van der Waals surface area (Å²) >= 11 is 5.20. The third-order valence-corrected chi connectivity index (χ3v) is 5.49. The van der Waals surface area contributed by atoms with E-state index in [9.17, 15) is 0 Å². The minimum absolute atomic E-state index is 0.847. The van der Waals surface area contributed by atoms with Crippen molar-refractivity contribution >= 4 is 54.2 Å². The van der Waals surface area contributed by atoms with Crippen LogP contribution >= 0.6 is 27.3 Å². The van der Waals surface area contributed by atoms with E-state index in [-0.39, 0.29) is 0 Å². The van der Waals surface area contributed by atoms with Gasteiger partial charge in [-0.2, -0.15) is 0 Å². The lowest BCUT2D eigenvalue weighted by Gasteiger charge is -2.04. The van der Waals surface area contributed by atoms with Crippen molar-refractivity contribution in [3.05, 3.63) is 87.8 Å². The van der Waals surface area contributed by atoms with Crippen molar-refractivity contribution in [2.24, 2.45) is 0 Å². The number of aryl methyl sites for hydroxylation is 1. The number of fused-ring (bicyclic) bond motifs is 3. The second-order valence-electron chi connectivity index (χ2n) is 5.86. The highest BCUT2D eigenvalue weighted by atomic mass is 79.9. The Labute approximate surface area is 169 Å². The summed E-state index contributed by atoms with van der Waals surface area (Å²) in [6.45, 7) is 16.3. The molecule has 1 aromatic heterocycles. The summed E-state index contributed by atoms with van der Waals surface area (Å²) < 4.78 is 2.18. The van der Waals surface area contributed by atoms with Gasteiger partial charge in [0.2, 0.25) is 0 Å². The molecule has 2 aromatic carbocycles. The molecule has 1 heterocycles. The molecule has 0 unspecified atom stereocenters. The molecule has 0 saturated carbocycles. The van der Waals surface area contributed by atoms with Gasteiger partial charge >= 0.3 is 0 Å². The molecule has 0 N–H and O–H groups in total. The number of hydrogen-bond acceptors (Lipinski definition) is 1. The van der Waals surface area contributed by atoms with Gasteiger partial charge in [-0.15, -0.1) is 11.3 Å². The molecule has 0 nitrogen and oxygen atoms in total. The summed E-state index contributed by atoms with van der Waals surface area (Å²) in [4.78, 5) is 1.34. The van der Waals surface area contributed by atoms with E-state index >= 15 is 0 Å². The minimum Gasteiger partial charge on any atom is -0.140 e. The third-order valence-electron chi connectivity index (χ3n) is 4.14. The molecule has 3 rings (SSSR count). The van der Waals surface area contributed by atoms with Gasteiger partial charge in [0.15, 0.2) is 0 Å². The van der Waals surface area contributed by atoms with E-state index in [1.165, 1.54) is 31.3 Å². The first-order valence-electron chi connectivity index (χ1n) is 8.78. The van der Waals surface area contributed by atoms with Crippen molar-refractivity contribution in [2.75, 3.05) is 0 Å². The standard InChI is InChI=1S/C22H19BrS.C2H6/c1-14(9-10-16(3)23)15(2)13-20-17(4)24-21-12-11-18-7-5-6-8-19(18)22(20)21;1-2/h5-13H,1,3H2,2,4H3;1-2H3/b10-9-,15-13+;. The summed E-state index contributed by atoms with van der Waals surface area (Å²) in [6.07, 6.45) is 6.17. The molecule has 0 amide bonds. The van der Waals surface area contributed by atoms with Crippen LogP contribution in [0.25, 0.3) is 26.9 Å². The Balaban J connectivity index is 0.00000117. The second kappa shape index (κ2) is 9.16. The fraction of sp³-hybridized carbons (Fsp3) is 0.167.